The number of amides is 1. The minimum absolute atomic E-state index is 0.0645. The highest BCUT2D eigenvalue weighted by Gasteiger charge is 2.39. The van der Waals surface area contributed by atoms with E-state index in [-0.39, 0.29) is 11.9 Å². The molecule has 5 nitrogen and oxygen atoms in total. The molecule has 15 heavy (non-hydrogen) atoms. The molecule has 0 aliphatic rings. The predicted octanol–water partition coefficient (Wildman–Crippen LogP) is 1.04. The number of anilines is 1. The summed E-state index contributed by atoms with van der Waals surface area (Å²) in [5, 5.41) is 4.95. The molecule has 0 atom stereocenters. The molecule has 0 saturated carbocycles. The third-order valence-corrected chi connectivity index (χ3v) is 1.51. The van der Waals surface area contributed by atoms with E-state index in [9.17, 15) is 18.0 Å². The zero-order valence-corrected chi connectivity index (χ0v) is 8.00. The van der Waals surface area contributed by atoms with Crippen molar-refractivity contribution in [3.05, 3.63) is 6.20 Å². The second-order valence-electron chi connectivity index (χ2n) is 3.09. The van der Waals surface area contributed by atoms with Crippen molar-refractivity contribution in [2.45, 2.75) is 26.1 Å². The van der Waals surface area contributed by atoms with Crippen molar-refractivity contribution < 1.29 is 27.2 Å². The van der Waals surface area contributed by atoms with Crippen molar-refractivity contribution >= 4 is 11.8 Å². The maximum atomic E-state index is 11.8. The van der Waals surface area contributed by atoms with Crippen molar-refractivity contribution in [2.24, 2.45) is 0 Å². The molecule has 0 spiro atoms. The van der Waals surface area contributed by atoms with Gasteiger partial charge in [-0.05, 0) is 18.5 Å². The van der Waals surface area contributed by atoms with Crippen LogP contribution in [0.2, 0.25) is 0 Å². The molecular formula is C7H9F3N3O2+. The first kappa shape index (κ1) is 11.5. The summed E-state index contributed by atoms with van der Waals surface area (Å²) in [6.45, 7) is 3.52. The lowest BCUT2D eigenvalue weighted by Gasteiger charge is -2.02. The molecule has 1 rings (SSSR count). The summed E-state index contributed by atoms with van der Waals surface area (Å²) in [7, 11) is 0. The average Bonchev–Trinajstić information content (AvgIpc) is 2.50. The molecule has 1 heterocycles. The van der Waals surface area contributed by atoms with Gasteiger partial charge < -0.3 is 0 Å². The van der Waals surface area contributed by atoms with Gasteiger partial charge in [-0.15, -0.1) is 0 Å². The first-order valence-corrected chi connectivity index (χ1v) is 4.07. The van der Waals surface area contributed by atoms with Gasteiger partial charge in [-0.3, -0.25) is 14.6 Å². The van der Waals surface area contributed by atoms with Gasteiger partial charge in [-0.25, -0.2) is 0 Å². The fourth-order valence-electron chi connectivity index (χ4n) is 0.740. The molecule has 0 bridgehead atoms. The quantitative estimate of drug-likeness (QED) is 0.763. The molecule has 1 aromatic heterocycles. The summed E-state index contributed by atoms with van der Waals surface area (Å²) in [5.74, 6) is -2.43. The molecule has 0 unspecified atom stereocenters. The normalized spacial score (nSPS) is 11.9. The second kappa shape index (κ2) is 3.87. The van der Waals surface area contributed by atoms with Crippen LogP contribution in [0.1, 0.15) is 19.9 Å². The van der Waals surface area contributed by atoms with Crippen molar-refractivity contribution in [1.82, 2.24) is 5.27 Å². The Morgan fingerprint density at radius 3 is 2.60 bits per heavy atom. The number of rotatable bonds is 2. The molecule has 84 valence electrons. The van der Waals surface area contributed by atoms with Crippen molar-refractivity contribution in [3.8, 4) is 0 Å². The summed E-state index contributed by atoms with van der Waals surface area (Å²) in [6.07, 6.45) is -3.76. The van der Waals surface area contributed by atoms with Crippen molar-refractivity contribution in [2.75, 3.05) is 5.32 Å². The molecule has 0 saturated heterocycles. The van der Waals surface area contributed by atoms with Gasteiger partial charge in [-0.2, -0.15) is 13.2 Å². The van der Waals surface area contributed by atoms with Crippen LogP contribution < -0.4 is 10.00 Å². The van der Waals surface area contributed by atoms with Crippen molar-refractivity contribution in [1.29, 1.82) is 0 Å². The first-order chi connectivity index (χ1) is 6.80. The third kappa shape index (κ3) is 2.93. The number of aromatic nitrogens is 2. The summed E-state index contributed by atoms with van der Waals surface area (Å²) in [6, 6.07) is -0.0645. The predicted molar refractivity (Wildman–Crippen MR) is 41.8 cm³/mol. The van der Waals surface area contributed by atoms with E-state index in [1.807, 2.05) is 0 Å². The summed E-state index contributed by atoms with van der Waals surface area (Å²) in [4.78, 5) is 10.5. The SMILES string of the molecule is CC(C)[n+]1cc(NC(=O)C(F)(F)F)on1. The molecule has 1 amide bonds. The van der Waals surface area contributed by atoms with E-state index in [4.69, 9.17) is 0 Å². The van der Waals surface area contributed by atoms with Crippen LogP contribution in [0, 0.1) is 0 Å². The lowest BCUT2D eigenvalue weighted by Crippen LogP contribution is -2.37. The van der Waals surface area contributed by atoms with Crippen LogP contribution in [0.4, 0.5) is 19.1 Å². The van der Waals surface area contributed by atoms with Gasteiger partial charge in [0.05, 0.1) is 0 Å². The standard InChI is InChI=1S/C7H8F3N3O2/c1-4(2)13-3-5(15-12-13)11-6(14)7(8,9)10/h3-4H,1-2H3/p+1. The summed E-state index contributed by atoms with van der Waals surface area (Å²) >= 11 is 0. The van der Waals surface area contributed by atoms with Crippen LogP contribution in [0.3, 0.4) is 0 Å². The van der Waals surface area contributed by atoms with Crippen molar-refractivity contribution in [3.63, 3.8) is 0 Å². The highest BCUT2D eigenvalue weighted by atomic mass is 19.4. The minimum atomic E-state index is -4.94. The van der Waals surface area contributed by atoms with Crippen LogP contribution in [0.25, 0.3) is 0 Å². The number of carbonyl (C=O) groups is 1. The first-order valence-electron chi connectivity index (χ1n) is 4.07. The Morgan fingerprint density at radius 1 is 1.60 bits per heavy atom. The maximum absolute atomic E-state index is 11.8. The summed E-state index contributed by atoms with van der Waals surface area (Å²) in [5.41, 5.74) is 0. The lowest BCUT2D eigenvalue weighted by atomic mass is 10.4. The van der Waals surface area contributed by atoms with Gasteiger partial charge >= 0.3 is 18.0 Å². The van der Waals surface area contributed by atoms with Gasteiger partial charge in [0.15, 0.2) is 6.04 Å². The van der Waals surface area contributed by atoms with Crippen LogP contribution in [0.15, 0.2) is 10.7 Å². The van der Waals surface area contributed by atoms with Gasteiger partial charge in [0.25, 0.3) is 6.20 Å². The zero-order valence-electron chi connectivity index (χ0n) is 8.00. The average molecular weight is 224 g/mol. The summed E-state index contributed by atoms with van der Waals surface area (Å²) < 4.78 is 41.2. The van der Waals surface area contributed by atoms with Gasteiger partial charge in [0, 0.05) is 0 Å². The number of nitrogens with zero attached hydrogens (tertiary/aromatic N) is 2. The van der Waals surface area contributed by atoms with Crippen LogP contribution in [-0.4, -0.2) is 17.4 Å². The minimum Gasteiger partial charge on any atom is -0.282 e. The maximum Gasteiger partial charge on any atom is 0.471 e. The number of nitrogens with one attached hydrogen (secondary N) is 1. The van der Waals surface area contributed by atoms with Gasteiger partial charge in [0.1, 0.15) is 0 Å². The fourth-order valence-corrected chi connectivity index (χ4v) is 0.740. The Labute approximate surface area is 82.8 Å². The van der Waals surface area contributed by atoms with E-state index in [0.29, 0.717) is 0 Å². The number of alkyl halides is 3. The lowest BCUT2D eigenvalue weighted by molar-refractivity contribution is -0.779. The zero-order chi connectivity index (χ0) is 11.6. The number of hydrogen-bond donors (Lipinski definition) is 1. The Kier molecular flexibility index (Phi) is 2.96. The number of halogens is 3. The fraction of sp³-hybridized carbons (Fsp3) is 0.571. The molecule has 0 aromatic carbocycles. The Balaban J connectivity index is 2.70. The van der Waals surface area contributed by atoms with E-state index in [1.54, 1.807) is 19.2 Å². The molecular weight excluding hydrogens is 215 g/mol. The Morgan fingerprint density at radius 2 is 2.20 bits per heavy atom. The largest absolute Gasteiger partial charge is 0.471 e. The Bertz CT molecular complexity index is 359. The Hall–Kier alpha value is -1.60. The third-order valence-electron chi connectivity index (χ3n) is 1.51. The number of carbonyl (C=O) groups excluding carboxylic acids is 1. The molecule has 0 aliphatic heterocycles. The molecule has 0 aliphatic carbocycles. The van der Waals surface area contributed by atoms with E-state index in [0.717, 1.165) is 0 Å². The molecule has 0 fully saturated rings. The van der Waals surface area contributed by atoms with Gasteiger partial charge in [-0.1, -0.05) is 0 Å². The highest BCUT2D eigenvalue weighted by molar-refractivity contribution is 5.93. The number of hydrogen-bond acceptors (Lipinski definition) is 3. The molecule has 1 N–H and O–H groups in total. The second-order valence-corrected chi connectivity index (χ2v) is 3.09. The van der Waals surface area contributed by atoms with E-state index in [2.05, 4.69) is 9.79 Å². The molecule has 0 radical (unpaired) electrons. The van der Waals surface area contributed by atoms with E-state index in [1.165, 1.54) is 10.9 Å². The van der Waals surface area contributed by atoms with Crippen LogP contribution in [0.5, 0.6) is 0 Å². The molecule has 8 heteroatoms. The van der Waals surface area contributed by atoms with E-state index < -0.39 is 12.1 Å². The van der Waals surface area contributed by atoms with Crippen LogP contribution >= 0.6 is 0 Å². The molecule has 1 aromatic rings. The van der Waals surface area contributed by atoms with E-state index >= 15 is 0 Å². The topological polar surface area (TPSA) is 59.0 Å². The smallest absolute Gasteiger partial charge is 0.282 e. The van der Waals surface area contributed by atoms with Gasteiger partial charge in [0.2, 0.25) is 5.27 Å². The monoisotopic (exact) mass is 224 g/mol. The highest BCUT2D eigenvalue weighted by Crippen LogP contribution is 2.17. The van der Waals surface area contributed by atoms with Crippen LogP contribution in [-0.2, 0) is 4.79 Å².